The predicted octanol–water partition coefficient (Wildman–Crippen LogP) is 3.52. The monoisotopic (exact) mass is 344 g/mol. The molecule has 1 amide bonds. The first kappa shape index (κ1) is 18.2. The maximum Gasteiger partial charge on any atom is 0.237 e. The van der Waals surface area contributed by atoms with Crippen LogP contribution in [0, 0.1) is 11.8 Å². The van der Waals surface area contributed by atoms with Crippen LogP contribution in [0.3, 0.4) is 0 Å². The van der Waals surface area contributed by atoms with Crippen molar-refractivity contribution in [1.29, 1.82) is 0 Å². The molecule has 0 spiro atoms. The smallest absolute Gasteiger partial charge is 0.237 e. The second-order valence-electron chi connectivity index (χ2n) is 8.19. The summed E-state index contributed by atoms with van der Waals surface area (Å²) in [5.41, 5.74) is 2.25. The van der Waals surface area contributed by atoms with E-state index in [4.69, 9.17) is 0 Å². The van der Waals surface area contributed by atoms with Crippen molar-refractivity contribution in [3.05, 3.63) is 29.3 Å². The molecule has 1 fully saturated rings. The fraction of sp³-hybridized carbons (Fsp3) is 0.667. The summed E-state index contributed by atoms with van der Waals surface area (Å²) in [7, 11) is 0. The van der Waals surface area contributed by atoms with Crippen LogP contribution in [-0.2, 0) is 17.8 Å². The summed E-state index contributed by atoms with van der Waals surface area (Å²) in [6.45, 7) is 5.05. The van der Waals surface area contributed by atoms with Crippen LogP contribution in [0.15, 0.2) is 18.2 Å². The van der Waals surface area contributed by atoms with Gasteiger partial charge in [0.1, 0.15) is 5.75 Å². The summed E-state index contributed by atoms with van der Waals surface area (Å²) in [6.07, 6.45) is 8.50. The van der Waals surface area contributed by atoms with Gasteiger partial charge in [-0.2, -0.15) is 0 Å². The summed E-state index contributed by atoms with van der Waals surface area (Å²) < 4.78 is 0. The molecule has 4 heteroatoms. The SMILES string of the molecule is CC(C)[C@H](CC1CCCCC1)NC(=O)C1Cc2ccc(O)cc2CN1. The van der Waals surface area contributed by atoms with E-state index in [9.17, 15) is 9.90 Å². The standard InChI is InChI=1S/C21H32N2O2/c1-14(2)19(10-15-6-4-3-5-7-15)23-21(25)20-12-16-8-9-18(24)11-17(16)13-22-20/h8-9,11,14-15,19-20,22,24H,3-7,10,12-13H2,1-2H3,(H,23,25)/t19-,20?/m0/s1. The average molecular weight is 344 g/mol. The minimum Gasteiger partial charge on any atom is -0.508 e. The first-order valence-corrected chi connectivity index (χ1v) is 9.87. The van der Waals surface area contributed by atoms with Gasteiger partial charge in [0.15, 0.2) is 0 Å². The summed E-state index contributed by atoms with van der Waals surface area (Å²) in [5.74, 6) is 1.63. The molecule has 0 aromatic heterocycles. The minimum atomic E-state index is -0.176. The Labute approximate surface area is 151 Å². The van der Waals surface area contributed by atoms with Gasteiger partial charge in [0.25, 0.3) is 0 Å². The fourth-order valence-corrected chi connectivity index (χ4v) is 4.25. The van der Waals surface area contributed by atoms with Crippen molar-refractivity contribution in [2.45, 2.75) is 77.4 Å². The van der Waals surface area contributed by atoms with E-state index in [1.807, 2.05) is 6.07 Å². The van der Waals surface area contributed by atoms with E-state index in [1.54, 1.807) is 12.1 Å². The van der Waals surface area contributed by atoms with E-state index in [2.05, 4.69) is 24.5 Å². The molecule has 25 heavy (non-hydrogen) atoms. The lowest BCUT2D eigenvalue weighted by molar-refractivity contribution is -0.124. The highest BCUT2D eigenvalue weighted by molar-refractivity contribution is 5.82. The molecular formula is C21H32N2O2. The number of hydrogen-bond donors (Lipinski definition) is 3. The van der Waals surface area contributed by atoms with Crippen LogP contribution in [0.25, 0.3) is 0 Å². The number of phenolic OH excluding ortho intramolecular Hbond substituents is 1. The third kappa shape index (κ3) is 4.75. The van der Waals surface area contributed by atoms with Crippen LogP contribution in [0.1, 0.15) is 63.5 Å². The molecule has 1 saturated carbocycles. The molecule has 3 rings (SSSR count). The highest BCUT2D eigenvalue weighted by Gasteiger charge is 2.28. The first-order valence-electron chi connectivity index (χ1n) is 9.87. The molecule has 0 saturated heterocycles. The third-order valence-electron chi connectivity index (χ3n) is 5.91. The van der Waals surface area contributed by atoms with Gasteiger partial charge in [-0.3, -0.25) is 4.79 Å². The first-order chi connectivity index (χ1) is 12.0. The number of benzene rings is 1. The van der Waals surface area contributed by atoms with E-state index >= 15 is 0 Å². The van der Waals surface area contributed by atoms with E-state index in [1.165, 1.54) is 32.1 Å². The number of nitrogens with one attached hydrogen (secondary N) is 2. The van der Waals surface area contributed by atoms with Gasteiger partial charge in [-0.05, 0) is 47.9 Å². The fourth-order valence-electron chi connectivity index (χ4n) is 4.25. The van der Waals surface area contributed by atoms with Crippen LogP contribution in [0.4, 0.5) is 0 Å². The second kappa shape index (κ2) is 8.22. The Morgan fingerprint density at radius 1 is 1.24 bits per heavy atom. The number of rotatable bonds is 5. The van der Waals surface area contributed by atoms with Crippen molar-refractivity contribution in [3.8, 4) is 5.75 Å². The topological polar surface area (TPSA) is 61.4 Å². The second-order valence-corrected chi connectivity index (χ2v) is 8.19. The minimum absolute atomic E-state index is 0.119. The third-order valence-corrected chi connectivity index (χ3v) is 5.91. The van der Waals surface area contributed by atoms with Gasteiger partial charge in [-0.25, -0.2) is 0 Å². The number of amides is 1. The average Bonchev–Trinajstić information content (AvgIpc) is 2.61. The van der Waals surface area contributed by atoms with Crippen molar-refractivity contribution in [2.75, 3.05) is 0 Å². The van der Waals surface area contributed by atoms with E-state index in [0.29, 0.717) is 18.9 Å². The molecule has 1 aliphatic heterocycles. The van der Waals surface area contributed by atoms with E-state index in [-0.39, 0.29) is 23.7 Å². The van der Waals surface area contributed by atoms with Crippen molar-refractivity contribution in [1.82, 2.24) is 10.6 Å². The highest BCUT2D eigenvalue weighted by Crippen LogP contribution is 2.29. The summed E-state index contributed by atoms with van der Waals surface area (Å²) >= 11 is 0. The van der Waals surface area contributed by atoms with Crippen LogP contribution in [-0.4, -0.2) is 23.1 Å². The van der Waals surface area contributed by atoms with Crippen molar-refractivity contribution in [2.24, 2.45) is 11.8 Å². The Kier molecular flexibility index (Phi) is 6.00. The Balaban J connectivity index is 1.58. The van der Waals surface area contributed by atoms with E-state index < -0.39 is 0 Å². The van der Waals surface area contributed by atoms with Gasteiger partial charge >= 0.3 is 0 Å². The molecule has 1 aliphatic carbocycles. The zero-order valence-electron chi connectivity index (χ0n) is 15.6. The summed E-state index contributed by atoms with van der Waals surface area (Å²) in [6, 6.07) is 5.52. The molecule has 2 aliphatic rings. The van der Waals surface area contributed by atoms with Crippen LogP contribution >= 0.6 is 0 Å². The largest absolute Gasteiger partial charge is 0.508 e. The van der Waals surface area contributed by atoms with Crippen LogP contribution in [0.2, 0.25) is 0 Å². The number of hydrogen-bond acceptors (Lipinski definition) is 3. The Bertz CT molecular complexity index is 594. The van der Waals surface area contributed by atoms with Gasteiger partial charge in [0, 0.05) is 12.6 Å². The van der Waals surface area contributed by atoms with Gasteiger partial charge in [0.05, 0.1) is 6.04 Å². The number of fused-ring (bicyclic) bond motifs is 1. The van der Waals surface area contributed by atoms with Crippen LogP contribution < -0.4 is 10.6 Å². The number of aromatic hydroxyl groups is 1. The summed E-state index contributed by atoms with van der Waals surface area (Å²) in [5, 5.41) is 16.2. The zero-order chi connectivity index (χ0) is 17.8. The van der Waals surface area contributed by atoms with Crippen molar-refractivity contribution < 1.29 is 9.90 Å². The quantitative estimate of drug-likeness (QED) is 0.766. The normalized spacial score (nSPS) is 22.4. The Hall–Kier alpha value is -1.55. The molecule has 4 nitrogen and oxygen atoms in total. The lowest BCUT2D eigenvalue weighted by atomic mass is 9.82. The van der Waals surface area contributed by atoms with Crippen LogP contribution in [0.5, 0.6) is 5.75 Å². The Morgan fingerprint density at radius 3 is 2.72 bits per heavy atom. The molecule has 1 aromatic carbocycles. The molecule has 0 radical (unpaired) electrons. The molecule has 0 bridgehead atoms. The Morgan fingerprint density at radius 2 is 2.00 bits per heavy atom. The lowest BCUT2D eigenvalue weighted by Crippen LogP contribution is -2.52. The lowest BCUT2D eigenvalue weighted by Gasteiger charge is -2.32. The molecule has 3 N–H and O–H groups in total. The zero-order valence-corrected chi connectivity index (χ0v) is 15.6. The summed E-state index contributed by atoms with van der Waals surface area (Å²) in [4.78, 5) is 12.8. The molecule has 2 atom stereocenters. The van der Waals surface area contributed by atoms with Gasteiger partial charge < -0.3 is 15.7 Å². The molecule has 1 aromatic rings. The maximum atomic E-state index is 12.8. The number of carbonyl (C=O) groups excluding carboxylic acids is 1. The molecular weight excluding hydrogens is 312 g/mol. The number of phenols is 1. The highest BCUT2D eigenvalue weighted by atomic mass is 16.3. The van der Waals surface area contributed by atoms with Gasteiger partial charge in [-0.1, -0.05) is 52.0 Å². The molecule has 1 heterocycles. The maximum absolute atomic E-state index is 12.8. The van der Waals surface area contributed by atoms with E-state index in [0.717, 1.165) is 23.5 Å². The predicted molar refractivity (Wildman–Crippen MR) is 100 cm³/mol. The van der Waals surface area contributed by atoms with Gasteiger partial charge in [0.2, 0.25) is 5.91 Å². The molecule has 1 unspecified atom stereocenters. The van der Waals surface area contributed by atoms with Crippen molar-refractivity contribution >= 4 is 5.91 Å². The molecule has 138 valence electrons. The number of carbonyl (C=O) groups is 1. The van der Waals surface area contributed by atoms with Gasteiger partial charge in [-0.15, -0.1) is 0 Å². The van der Waals surface area contributed by atoms with Crippen molar-refractivity contribution in [3.63, 3.8) is 0 Å².